The van der Waals surface area contributed by atoms with E-state index in [2.05, 4.69) is 10.6 Å². The van der Waals surface area contributed by atoms with Crippen LogP contribution in [0.4, 0.5) is 15.3 Å². The number of nitrogens with zero attached hydrogens (tertiary/aromatic N) is 3. The minimum Gasteiger partial charge on any atom is -0.444 e. The number of aromatic nitrogens is 1. The number of urea groups is 1. The van der Waals surface area contributed by atoms with Gasteiger partial charge in [-0.25, -0.2) is 9.59 Å². The van der Waals surface area contributed by atoms with Crippen molar-refractivity contribution in [3.05, 3.63) is 54.4 Å². The van der Waals surface area contributed by atoms with Gasteiger partial charge in [-0.05, 0) is 70.7 Å². The fourth-order valence-electron chi connectivity index (χ4n) is 4.77. The Morgan fingerprint density at radius 3 is 2.14 bits per heavy atom. The maximum absolute atomic E-state index is 13.1. The van der Waals surface area contributed by atoms with E-state index < -0.39 is 5.60 Å². The number of carbonyl (C=O) groups excluding carboxylic acids is 3. The summed E-state index contributed by atoms with van der Waals surface area (Å²) in [5.41, 5.74) is 0.896. The molecule has 0 atom stereocenters. The van der Waals surface area contributed by atoms with Gasteiger partial charge in [-0.3, -0.25) is 4.79 Å². The summed E-state index contributed by atoms with van der Waals surface area (Å²) in [5.74, 6) is -0.0956. The zero-order valence-electron chi connectivity index (χ0n) is 21.4. The third-order valence-corrected chi connectivity index (χ3v) is 6.66. The first-order valence-electron chi connectivity index (χ1n) is 12.8. The SMILES string of the molecule is CC(C)(C)OC(=O)N1CCC(n2cccc2C(=O)NC2CCN(C(=O)Nc3ccccc3)CC2)CC1. The number of carbonyl (C=O) groups is 3. The number of ether oxygens (including phenoxy) is 1. The van der Waals surface area contributed by atoms with Crippen LogP contribution in [0.25, 0.3) is 0 Å². The number of hydrogen-bond donors (Lipinski definition) is 2. The van der Waals surface area contributed by atoms with Crippen molar-refractivity contribution in [2.45, 2.75) is 64.1 Å². The minimum atomic E-state index is -0.512. The predicted molar refractivity (Wildman–Crippen MR) is 138 cm³/mol. The smallest absolute Gasteiger partial charge is 0.410 e. The summed E-state index contributed by atoms with van der Waals surface area (Å²) in [7, 11) is 0. The minimum absolute atomic E-state index is 0.0237. The summed E-state index contributed by atoms with van der Waals surface area (Å²) >= 11 is 0. The molecule has 9 heteroatoms. The number of piperidine rings is 2. The van der Waals surface area contributed by atoms with Crippen molar-refractivity contribution in [1.82, 2.24) is 19.7 Å². The van der Waals surface area contributed by atoms with Gasteiger partial charge >= 0.3 is 12.1 Å². The summed E-state index contributed by atoms with van der Waals surface area (Å²) in [6.45, 7) is 7.98. The van der Waals surface area contributed by atoms with Crippen LogP contribution in [0.1, 0.15) is 63.0 Å². The fourth-order valence-corrected chi connectivity index (χ4v) is 4.77. The molecular formula is C27H37N5O4. The van der Waals surface area contributed by atoms with Gasteiger partial charge < -0.3 is 29.7 Å². The molecule has 0 unspecified atom stereocenters. The number of hydrogen-bond acceptors (Lipinski definition) is 4. The van der Waals surface area contributed by atoms with E-state index in [1.165, 1.54) is 0 Å². The van der Waals surface area contributed by atoms with Crippen LogP contribution in [-0.4, -0.2) is 70.2 Å². The number of para-hydroxylation sites is 1. The normalized spacial score (nSPS) is 17.5. The summed E-state index contributed by atoms with van der Waals surface area (Å²) in [6, 6.07) is 13.2. The zero-order valence-corrected chi connectivity index (χ0v) is 21.4. The van der Waals surface area contributed by atoms with Crippen LogP contribution in [0.2, 0.25) is 0 Å². The van der Waals surface area contributed by atoms with Crippen molar-refractivity contribution in [2.75, 3.05) is 31.5 Å². The summed E-state index contributed by atoms with van der Waals surface area (Å²) in [6.07, 6.45) is 4.62. The maximum atomic E-state index is 13.1. The highest BCUT2D eigenvalue weighted by Crippen LogP contribution is 2.26. The second-order valence-corrected chi connectivity index (χ2v) is 10.5. The van der Waals surface area contributed by atoms with E-state index in [-0.39, 0.29) is 30.1 Å². The van der Waals surface area contributed by atoms with Crippen molar-refractivity contribution in [1.29, 1.82) is 0 Å². The molecule has 0 aliphatic carbocycles. The third-order valence-electron chi connectivity index (χ3n) is 6.66. The van der Waals surface area contributed by atoms with E-state index in [9.17, 15) is 14.4 Å². The van der Waals surface area contributed by atoms with E-state index in [0.29, 0.717) is 44.7 Å². The number of nitrogens with one attached hydrogen (secondary N) is 2. The Morgan fingerprint density at radius 2 is 1.50 bits per heavy atom. The molecule has 3 heterocycles. The lowest BCUT2D eigenvalue weighted by Crippen LogP contribution is -2.48. The van der Waals surface area contributed by atoms with Crippen molar-refractivity contribution < 1.29 is 19.1 Å². The van der Waals surface area contributed by atoms with Crippen LogP contribution < -0.4 is 10.6 Å². The molecule has 36 heavy (non-hydrogen) atoms. The van der Waals surface area contributed by atoms with Gasteiger partial charge in [0.05, 0.1) is 0 Å². The molecule has 2 aliphatic heterocycles. The fraction of sp³-hybridized carbons (Fsp3) is 0.519. The van der Waals surface area contributed by atoms with Crippen LogP contribution >= 0.6 is 0 Å². The number of benzene rings is 1. The van der Waals surface area contributed by atoms with Crippen molar-refractivity contribution in [2.24, 2.45) is 0 Å². The average molecular weight is 496 g/mol. The van der Waals surface area contributed by atoms with E-state index >= 15 is 0 Å². The quantitative estimate of drug-likeness (QED) is 0.653. The first kappa shape index (κ1) is 25.6. The molecule has 194 valence electrons. The molecule has 2 N–H and O–H groups in total. The van der Waals surface area contributed by atoms with Gasteiger partial charge in [0, 0.05) is 50.1 Å². The molecule has 1 aromatic heterocycles. The number of likely N-dealkylation sites (tertiary alicyclic amines) is 2. The molecule has 0 bridgehead atoms. The van der Waals surface area contributed by atoms with Crippen molar-refractivity contribution in [3.8, 4) is 0 Å². The first-order chi connectivity index (χ1) is 17.2. The summed E-state index contributed by atoms with van der Waals surface area (Å²) in [4.78, 5) is 41.5. The topological polar surface area (TPSA) is 95.9 Å². The molecule has 2 aromatic rings. The van der Waals surface area contributed by atoms with Crippen LogP contribution in [0.5, 0.6) is 0 Å². The van der Waals surface area contributed by atoms with Gasteiger partial charge in [0.2, 0.25) is 0 Å². The van der Waals surface area contributed by atoms with Crippen LogP contribution in [-0.2, 0) is 4.74 Å². The number of amides is 4. The van der Waals surface area contributed by atoms with Gasteiger partial charge in [0.1, 0.15) is 11.3 Å². The summed E-state index contributed by atoms with van der Waals surface area (Å²) in [5, 5.41) is 6.08. The molecule has 4 amide bonds. The maximum Gasteiger partial charge on any atom is 0.410 e. The van der Waals surface area contributed by atoms with Gasteiger partial charge in [-0.15, -0.1) is 0 Å². The second-order valence-electron chi connectivity index (χ2n) is 10.5. The number of rotatable bonds is 4. The van der Waals surface area contributed by atoms with Gasteiger partial charge in [0.25, 0.3) is 5.91 Å². The first-order valence-corrected chi connectivity index (χ1v) is 12.8. The number of anilines is 1. The Labute approximate surface area is 212 Å². The Bertz CT molecular complexity index is 1050. The average Bonchev–Trinajstić information content (AvgIpc) is 3.34. The molecule has 0 radical (unpaired) electrons. The van der Waals surface area contributed by atoms with Crippen LogP contribution in [0, 0.1) is 0 Å². The Kier molecular flexibility index (Phi) is 7.86. The molecular weight excluding hydrogens is 458 g/mol. The predicted octanol–water partition coefficient (Wildman–Crippen LogP) is 4.49. The second kappa shape index (κ2) is 11.1. The van der Waals surface area contributed by atoms with Crippen molar-refractivity contribution >= 4 is 23.7 Å². The van der Waals surface area contributed by atoms with E-state index in [0.717, 1.165) is 18.5 Å². The van der Waals surface area contributed by atoms with Crippen LogP contribution in [0.3, 0.4) is 0 Å². The monoisotopic (exact) mass is 495 g/mol. The molecule has 0 spiro atoms. The van der Waals surface area contributed by atoms with E-state index in [1.807, 2.05) is 74.0 Å². The van der Waals surface area contributed by atoms with Gasteiger partial charge in [-0.2, -0.15) is 0 Å². The highest BCUT2D eigenvalue weighted by atomic mass is 16.6. The lowest BCUT2D eigenvalue weighted by molar-refractivity contribution is 0.0187. The Balaban J connectivity index is 1.25. The van der Waals surface area contributed by atoms with Crippen molar-refractivity contribution in [3.63, 3.8) is 0 Å². The molecule has 0 saturated carbocycles. The van der Waals surface area contributed by atoms with Gasteiger partial charge in [-0.1, -0.05) is 18.2 Å². The molecule has 2 saturated heterocycles. The largest absolute Gasteiger partial charge is 0.444 e. The third kappa shape index (κ3) is 6.59. The van der Waals surface area contributed by atoms with Crippen LogP contribution in [0.15, 0.2) is 48.7 Å². The Morgan fingerprint density at radius 1 is 0.861 bits per heavy atom. The highest BCUT2D eigenvalue weighted by Gasteiger charge is 2.30. The zero-order chi connectivity index (χ0) is 25.7. The summed E-state index contributed by atoms with van der Waals surface area (Å²) < 4.78 is 7.52. The van der Waals surface area contributed by atoms with E-state index in [4.69, 9.17) is 4.74 Å². The van der Waals surface area contributed by atoms with Gasteiger partial charge in [0.15, 0.2) is 0 Å². The molecule has 2 fully saturated rings. The lowest BCUT2D eigenvalue weighted by Gasteiger charge is -2.35. The molecule has 4 rings (SSSR count). The molecule has 2 aliphatic rings. The Hall–Kier alpha value is -3.49. The molecule has 1 aromatic carbocycles. The van der Waals surface area contributed by atoms with E-state index in [1.54, 1.807) is 9.80 Å². The highest BCUT2D eigenvalue weighted by molar-refractivity contribution is 5.93. The lowest BCUT2D eigenvalue weighted by atomic mass is 10.0. The standard InChI is InChI=1S/C27H37N5O4/c1-27(2,3)36-26(35)31-18-13-22(14-19-31)32-15-7-10-23(32)24(33)28-21-11-16-30(17-12-21)25(34)29-20-8-5-4-6-9-20/h4-10,15,21-22H,11-14,16-19H2,1-3H3,(H,28,33)(H,29,34). The molecule has 9 nitrogen and oxygen atoms in total.